The topological polar surface area (TPSA) is 99.0 Å². The number of ether oxygens (including phenoxy) is 3. The van der Waals surface area contributed by atoms with E-state index in [0.29, 0.717) is 10.8 Å². The Kier molecular flexibility index (Phi) is 10.00. The predicted octanol–water partition coefficient (Wildman–Crippen LogP) is 6.56. The van der Waals surface area contributed by atoms with Gasteiger partial charge in [-0.05, 0) is 47.9 Å². The highest BCUT2D eigenvalue weighted by atomic mass is 32.2. The fraction of sp³-hybridized carbons (Fsp3) is 0.314. The highest BCUT2D eigenvalue weighted by Gasteiger charge is 2.39. The van der Waals surface area contributed by atoms with Crippen LogP contribution in [0, 0.1) is 18.6 Å². The molecule has 4 aromatic rings. The van der Waals surface area contributed by atoms with Crippen LogP contribution in [0.3, 0.4) is 0 Å². The van der Waals surface area contributed by atoms with Crippen LogP contribution in [0.4, 0.5) is 22.0 Å². The van der Waals surface area contributed by atoms with Gasteiger partial charge in [0.05, 0.1) is 34.8 Å². The van der Waals surface area contributed by atoms with Crippen LogP contribution in [0.25, 0.3) is 11.1 Å². The maximum absolute atomic E-state index is 16.2. The summed E-state index contributed by atoms with van der Waals surface area (Å²) in [5.74, 6) is -2.78. The van der Waals surface area contributed by atoms with Gasteiger partial charge in [-0.15, -0.1) is 11.8 Å². The lowest BCUT2D eigenvalue weighted by atomic mass is 9.91. The molecule has 2 atom stereocenters. The number of carboxylic acids is 1. The highest BCUT2D eigenvalue weighted by Crippen LogP contribution is 2.46. The van der Waals surface area contributed by atoms with Gasteiger partial charge in [-0.25, -0.2) is 13.6 Å². The van der Waals surface area contributed by atoms with Gasteiger partial charge in [-0.2, -0.15) is 13.2 Å². The lowest BCUT2D eigenvalue weighted by molar-refractivity contribution is -0.142. The molecule has 2 aliphatic heterocycles. The molecule has 0 aliphatic carbocycles. The molecule has 3 aromatic carbocycles. The molecule has 0 bridgehead atoms. The van der Waals surface area contributed by atoms with E-state index in [0.717, 1.165) is 23.8 Å². The summed E-state index contributed by atoms with van der Waals surface area (Å²) in [5.41, 5.74) is -1.31. The van der Waals surface area contributed by atoms with Gasteiger partial charge in [-0.3, -0.25) is 9.36 Å². The number of halogens is 5. The van der Waals surface area contributed by atoms with Gasteiger partial charge in [0.2, 0.25) is 0 Å². The molecule has 3 heterocycles. The number of nitrogens with zero attached hydrogens (tertiary/aromatic N) is 1. The number of rotatable bonds is 11. The lowest BCUT2D eigenvalue weighted by Crippen LogP contribution is -2.37. The number of fused-ring (bicyclic) bond motifs is 2. The molecule has 258 valence electrons. The Hall–Kier alpha value is -4.40. The van der Waals surface area contributed by atoms with Crippen molar-refractivity contribution < 1.29 is 46.1 Å². The van der Waals surface area contributed by atoms with Crippen LogP contribution in [0.15, 0.2) is 70.5 Å². The molecule has 0 saturated carbocycles. The summed E-state index contributed by atoms with van der Waals surface area (Å²) in [7, 11) is 0. The quantitative estimate of drug-likeness (QED) is 0.134. The van der Waals surface area contributed by atoms with E-state index in [1.165, 1.54) is 35.4 Å². The third-order valence-electron chi connectivity index (χ3n) is 8.53. The Morgan fingerprint density at radius 1 is 1.06 bits per heavy atom. The van der Waals surface area contributed by atoms with Gasteiger partial charge in [0.15, 0.2) is 17.3 Å². The van der Waals surface area contributed by atoms with Crippen molar-refractivity contribution in [3.8, 4) is 22.6 Å². The second kappa shape index (κ2) is 14.2. The van der Waals surface area contributed by atoms with Crippen molar-refractivity contribution in [1.29, 1.82) is 0 Å². The molecule has 6 rings (SSSR count). The zero-order valence-corrected chi connectivity index (χ0v) is 26.9. The summed E-state index contributed by atoms with van der Waals surface area (Å²) in [6.07, 6.45) is -5.38. The molecule has 0 amide bonds. The smallest absolute Gasteiger partial charge is 0.416 e. The number of hydrogen-bond donors (Lipinski definition) is 2. The van der Waals surface area contributed by atoms with E-state index in [9.17, 15) is 22.8 Å². The average Bonchev–Trinajstić information content (AvgIpc) is 3.51. The van der Waals surface area contributed by atoms with Crippen LogP contribution in [0.5, 0.6) is 11.5 Å². The van der Waals surface area contributed by atoms with E-state index in [1.54, 1.807) is 0 Å². The van der Waals surface area contributed by atoms with E-state index in [4.69, 9.17) is 19.3 Å². The number of nitrogens with one attached hydrogen (secondary N) is 1. The number of benzene rings is 3. The first-order chi connectivity index (χ1) is 23.5. The van der Waals surface area contributed by atoms with E-state index in [2.05, 4.69) is 5.32 Å². The van der Waals surface area contributed by atoms with Gasteiger partial charge < -0.3 is 24.6 Å². The predicted molar refractivity (Wildman–Crippen MR) is 171 cm³/mol. The van der Waals surface area contributed by atoms with Crippen LogP contribution < -0.4 is 20.3 Å². The minimum absolute atomic E-state index is 0.0392. The number of aliphatic carboxylic acids is 1. The number of pyridine rings is 1. The molecule has 2 unspecified atom stereocenters. The first kappa shape index (κ1) is 34.5. The van der Waals surface area contributed by atoms with Gasteiger partial charge in [-0.1, -0.05) is 36.4 Å². The fourth-order valence-corrected chi connectivity index (χ4v) is 7.76. The summed E-state index contributed by atoms with van der Waals surface area (Å²) in [6, 6.07) is 13.5. The largest absolute Gasteiger partial charge is 0.486 e. The van der Waals surface area contributed by atoms with Gasteiger partial charge >= 0.3 is 12.1 Å². The number of thioether (sulfide) groups is 1. The summed E-state index contributed by atoms with van der Waals surface area (Å²) >= 11 is 1.24. The molecular formula is C35H31F5N2O6S. The van der Waals surface area contributed by atoms with Crippen LogP contribution in [-0.4, -0.2) is 54.4 Å². The summed E-state index contributed by atoms with van der Waals surface area (Å²) < 4.78 is 91.6. The highest BCUT2D eigenvalue weighted by molar-refractivity contribution is 7.99. The first-order valence-corrected chi connectivity index (χ1v) is 16.4. The maximum Gasteiger partial charge on any atom is 0.416 e. The van der Waals surface area contributed by atoms with Crippen molar-refractivity contribution >= 4 is 17.7 Å². The van der Waals surface area contributed by atoms with Crippen LogP contribution in [-0.2, 0) is 22.1 Å². The zero-order valence-electron chi connectivity index (χ0n) is 26.1. The van der Waals surface area contributed by atoms with E-state index in [1.807, 2.05) is 30.3 Å². The van der Waals surface area contributed by atoms with Crippen molar-refractivity contribution in [2.75, 3.05) is 38.7 Å². The third-order valence-corrected chi connectivity index (χ3v) is 9.76. The number of alkyl halides is 3. The number of carboxylic acid groups (broad SMARTS) is 1. The molecule has 2 aliphatic rings. The first-order valence-electron chi connectivity index (χ1n) is 15.4. The molecule has 0 fully saturated rings. The zero-order chi connectivity index (χ0) is 34.9. The fourth-order valence-electron chi connectivity index (χ4n) is 6.34. The molecule has 0 saturated heterocycles. The van der Waals surface area contributed by atoms with Crippen molar-refractivity contribution in [2.45, 2.75) is 36.6 Å². The van der Waals surface area contributed by atoms with Crippen LogP contribution >= 0.6 is 11.8 Å². The standard InChI is InChI=1S/C35H31F5N2O6S/c1-19-22(16-23-24(35(38,39)40)8-5-9-25(23)36)34-42(33(45)29(19)21-10-11-27-32(30(21)37)48-15-14-47-27)26(18-49-34)31(20-6-3-2-4-7-20)41-12-13-46-17-28(43)44/h2-11,26,31,41H,12-18H2,1H3,(H,43,44). The number of hydrogen-bond acceptors (Lipinski definition) is 7. The second-order valence-corrected chi connectivity index (χ2v) is 12.5. The Morgan fingerprint density at radius 3 is 2.55 bits per heavy atom. The van der Waals surface area contributed by atoms with E-state index in [-0.39, 0.29) is 60.1 Å². The van der Waals surface area contributed by atoms with Crippen molar-refractivity contribution in [3.63, 3.8) is 0 Å². The Bertz CT molecular complexity index is 1940. The molecule has 1 aromatic heterocycles. The number of aromatic nitrogens is 1. The maximum atomic E-state index is 16.2. The van der Waals surface area contributed by atoms with Crippen molar-refractivity contribution in [1.82, 2.24) is 9.88 Å². The molecule has 49 heavy (non-hydrogen) atoms. The molecule has 0 radical (unpaired) electrons. The third kappa shape index (κ3) is 6.90. The minimum Gasteiger partial charge on any atom is -0.486 e. The van der Waals surface area contributed by atoms with Gasteiger partial charge in [0.25, 0.3) is 5.56 Å². The second-order valence-electron chi connectivity index (χ2n) is 11.5. The Balaban J connectivity index is 1.54. The summed E-state index contributed by atoms with van der Waals surface area (Å²) in [4.78, 5) is 25.6. The lowest BCUT2D eigenvalue weighted by Gasteiger charge is -2.28. The molecular weight excluding hydrogens is 671 g/mol. The SMILES string of the molecule is Cc1c(Cc2c(F)cccc2C(F)(F)F)c2n(c(=O)c1-c1ccc3c(c1F)OCCO3)C(C(NCCOCC(=O)O)c1ccccc1)CS2. The van der Waals surface area contributed by atoms with Crippen molar-refractivity contribution in [3.05, 3.63) is 110 Å². The van der Waals surface area contributed by atoms with Gasteiger partial charge in [0, 0.05) is 29.8 Å². The molecule has 8 nitrogen and oxygen atoms in total. The monoisotopic (exact) mass is 702 g/mol. The van der Waals surface area contributed by atoms with E-state index >= 15 is 8.78 Å². The Morgan fingerprint density at radius 2 is 1.82 bits per heavy atom. The minimum atomic E-state index is -4.86. The Labute approximate surface area is 281 Å². The molecule has 2 N–H and O–H groups in total. The normalized spacial score (nSPS) is 16.0. The molecule has 14 heteroatoms. The summed E-state index contributed by atoms with van der Waals surface area (Å²) in [6.45, 7) is 1.55. The average molecular weight is 703 g/mol. The van der Waals surface area contributed by atoms with Crippen LogP contribution in [0.1, 0.15) is 39.9 Å². The summed E-state index contributed by atoms with van der Waals surface area (Å²) in [5, 5.41) is 12.6. The number of carbonyl (C=O) groups is 1. The van der Waals surface area contributed by atoms with Crippen LogP contribution in [0.2, 0.25) is 0 Å². The van der Waals surface area contributed by atoms with Gasteiger partial charge in [0.1, 0.15) is 25.6 Å². The van der Waals surface area contributed by atoms with Crippen molar-refractivity contribution in [2.24, 2.45) is 0 Å². The molecule has 0 spiro atoms. The van der Waals surface area contributed by atoms with E-state index < -0.39 is 65.6 Å².